The van der Waals surface area contributed by atoms with Gasteiger partial charge in [0, 0.05) is 11.8 Å². The predicted molar refractivity (Wildman–Crippen MR) is 72.4 cm³/mol. The molecule has 0 unspecified atom stereocenters. The van der Waals surface area contributed by atoms with Crippen LogP contribution in [0.5, 0.6) is 11.5 Å². The summed E-state index contributed by atoms with van der Waals surface area (Å²) in [5, 5.41) is 2.94. The largest absolute Gasteiger partial charge is 0.486 e. The zero-order valence-corrected chi connectivity index (χ0v) is 11.1. The van der Waals surface area contributed by atoms with Crippen molar-refractivity contribution in [2.45, 2.75) is 0 Å². The van der Waals surface area contributed by atoms with Gasteiger partial charge in [-0.25, -0.2) is 9.97 Å². The highest BCUT2D eigenvalue weighted by Gasteiger charge is 2.14. The molecule has 6 nitrogen and oxygen atoms in total. The number of benzene rings is 1. The summed E-state index contributed by atoms with van der Waals surface area (Å²) in [5.74, 6) is 0.905. The lowest BCUT2D eigenvalue weighted by atomic mass is 10.2. The number of rotatable bonds is 2. The number of fused-ring (bicyclic) bond motifs is 1. The average Bonchev–Trinajstić information content (AvgIpc) is 2.48. The Balaban J connectivity index is 1.77. The molecule has 0 aliphatic carbocycles. The fraction of sp³-hybridized carbons (Fsp3) is 0.154. The summed E-state index contributed by atoms with van der Waals surface area (Å²) in [4.78, 5) is 19.7. The maximum atomic E-state index is 12.0. The van der Waals surface area contributed by atoms with Gasteiger partial charge in [0.25, 0.3) is 5.91 Å². The third-order valence-electron chi connectivity index (χ3n) is 2.65. The van der Waals surface area contributed by atoms with Gasteiger partial charge < -0.3 is 14.8 Å². The molecule has 2 aromatic rings. The molecule has 0 fully saturated rings. The smallest absolute Gasteiger partial charge is 0.275 e. The van der Waals surface area contributed by atoms with Crippen LogP contribution in [0.1, 0.15) is 10.5 Å². The van der Waals surface area contributed by atoms with Crippen LogP contribution < -0.4 is 14.8 Å². The summed E-state index contributed by atoms with van der Waals surface area (Å²) in [6.07, 6.45) is 2.63. The topological polar surface area (TPSA) is 73.3 Å². The van der Waals surface area contributed by atoms with Crippen LogP contribution in [-0.2, 0) is 0 Å². The van der Waals surface area contributed by atoms with Gasteiger partial charge >= 0.3 is 0 Å². The second-order valence-corrected chi connectivity index (χ2v) is 4.42. The maximum absolute atomic E-state index is 12.0. The fourth-order valence-electron chi connectivity index (χ4n) is 1.75. The first-order valence-electron chi connectivity index (χ1n) is 5.91. The molecule has 20 heavy (non-hydrogen) atoms. The third-order valence-corrected chi connectivity index (χ3v) is 2.85. The van der Waals surface area contributed by atoms with Crippen LogP contribution in [0.25, 0.3) is 0 Å². The van der Waals surface area contributed by atoms with Gasteiger partial charge in [-0.3, -0.25) is 4.79 Å². The van der Waals surface area contributed by atoms with E-state index in [1.165, 1.54) is 12.4 Å². The number of ether oxygens (including phenoxy) is 2. The van der Waals surface area contributed by atoms with Crippen LogP contribution in [-0.4, -0.2) is 29.1 Å². The zero-order chi connectivity index (χ0) is 13.9. The van der Waals surface area contributed by atoms with Crippen LogP contribution in [0.4, 0.5) is 5.69 Å². The van der Waals surface area contributed by atoms with Crippen molar-refractivity contribution in [3.8, 4) is 11.5 Å². The Labute approximate surface area is 119 Å². The van der Waals surface area contributed by atoms with Gasteiger partial charge in [-0.2, -0.15) is 0 Å². The van der Waals surface area contributed by atoms with Crippen LogP contribution >= 0.6 is 11.6 Å². The van der Waals surface area contributed by atoms with E-state index in [1.54, 1.807) is 18.2 Å². The average molecular weight is 292 g/mol. The van der Waals surface area contributed by atoms with Crippen molar-refractivity contribution in [3.63, 3.8) is 0 Å². The molecular weight excluding hydrogens is 282 g/mol. The van der Waals surface area contributed by atoms with E-state index < -0.39 is 0 Å². The Morgan fingerprint density at radius 3 is 2.70 bits per heavy atom. The van der Waals surface area contributed by atoms with Crippen molar-refractivity contribution in [2.24, 2.45) is 0 Å². The standard InChI is InChI=1S/C13H10ClN3O3/c14-12-7-15-9(6-16-12)13(18)17-8-1-2-10-11(5-8)20-4-3-19-10/h1-2,5-7H,3-4H2,(H,17,18). The van der Waals surface area contributed by atoms with Crippen molar-refractivity contribution in [1.29, 1.82) is 0 Å². The highest BCUT2D eigenvalue weighted by Crippen LogP contribution is 2.32. The molecule has 1 aromatic heterocycles. The minimum atomic E-state index is -0.370. The highest BCUT2D eigenvalue weighted by atomic mass is 35.5. The van der Waals surface area contributed by atoms with Crippen molar-refractivity contribution in [3.05, 3.63) is 41.4 Å². The van der Waals surface area contributed by atoms with Crippen molar-refractivity contribution in [2.75, 3.05) is 18.5 Å². The normalized spacial score (nSPS) is 12.8. The van der Waals surface area contributed by atoms with Gasteiger partial charge in [0.05, 0.1) is 12.4 Å². The molecule has 0 radical (unpaired) electrons. The second-order valence-electron chi connectivity index (χ2n) is 4.04. The Bertz CT molecular complexity index is 646. The van der Waals surface area contributed by atoms with Gasteiger partial charge in [0.2, 0.25) is 0 Å². The number of anilines is 1. The first-order chi connectivity index (χ1) is 9.72. The quantitative estimate of drug-likeness (QED) is 0.918. The molecule has 0 atom stereocenters. The van der Waals surface area contributed by atoms with E-state index in [0.29, 0.717) is 30.4 Å². The first-order valence-corrected chi connectivity index (χ1v) is 6.29. The number of amides is 1. The number of hydrogen-bond donors (Lipinski definition) is 1. The minimum absolute atomic E-state index is 0.185. The number of carbonyl (C=O) groups excluding carboxylic acids is 1. The molecule has 3 rings (SSSR count). The molecule has 0 spiro atoms. The fourth-order valence-corrected chi connectivity index (χ4v) is 1.84. The van der Waals surface area contributed by atoms with Gasteiger partial charge in [0.15, 0.2) is 11.5 Å². The summed E-state index contributed by atoms with van der Waals surface area (Å²) < 4.78 is 10.9. The third kappa shape index (κ3) is 2.65. The van der Waals surface area contributed by atoms with E-state index in [1.807, 2.05) is 0 Å². The Hall–Kier alpha value is -2.34. The van der Waals surface area contributed by atoms with Gasteiger partial charge in [-0.15, -0.1) is 0 Å². The van der Waals surface area contributed by atoms with Crippen LogP contribution in [0, 0.1) is 0 Å². The molecule has 0 saturated heterocycles. The predicted octanol–water partition coefficient (Wildman–Crippen LogP) is 2.15. The van der Waals surface area contributed by atoms with Crippen LogP contribution in [0.15, 0.2) is 30.6 Å². The molecule has 0 saturated carbocycles. The van der Waals surface area contributed by atoms with Gasteiger partial charge in [-0.1, -0.05) is 11.6 Å². The minimum Gasteiger partial charge on any atom is -0.486 e. The lowest BCUT2D eigenvalue weighted by molar-refractivity contribution is 0.102. The zero-order valence-electron chi connectivity index (χ0n) is 10.3. The number of carbonyl (C=O) groups is 1. The van der Waals surface area contributed by atoms with E-state index in [0.717, 1.165) is 0 Å². The monoisotopic (exact) mass is 291 g/mol. The highest BCUT2D eigenvalue weighted by molar-refractivity contribution is 6.29. The lowest BCUT2D eigenvalue weighted by Gasteiger charge is -2.18. The number of aromatic nitrogens is 2. The summed E-state index contributed by atoms with van der Waals surface area (Å²) in [7, 11) is 0. The van der Waals surface area contributed by atoms with Crippen molar-refractivity contribution >= 4 is 23.2 Å². The number of nitrogens with zero attached hydrogens (tertiary/aromatic N) is 2. The molecular formula is C13H10ClN3O3. The molecule has 1 aliphatic rings. The number of nitrogens with one attached hydrogen (secondary N) is 1. The summed E-state index contributed by atoms with van der Waals surface area (Å²) in [6.45, 7) is 1.02. The summed E-state index contributed by atoms with van der Waals surface area (Å²) >= 11 is 5.62. The number of halogens is 1. The SMILES string of the molecule is O=C(Nc1ccc2c(c1)OCCO2)c1cnc(Cl)cn1. The molecule has 2 heterocycles. The number of hydrogen-bond acceptors (Lipinski definition) is 5. The molecule has 0 bridgehead atoms. The lowest BCUT2D eigenvalue weighted by Crippen LogP contribution is -2.17. The molecule has 1 aliphatic heterocycles. The molecule has 1 aromatic carbocycles. The molecule has 102 valence electrons. The summed E-state index contributed by atoms with van der Waals surface area (Å²) in [5.41, 5.74) is 0.778. The summed E-state index contributed by atoms with van der Waals surface area (Å²) in [6, 6.07) is 5.18. The van der Waals surface area contributed by atoms with E-state index >= 15 is 0 Å². The molecule has 1 N–H and O–H groups in total. The first kappa shape index (κ1) is 12.7. The maximum Gasteiger partial charge on any atom is 0.275 e. The Morgan fingerprint density at radius 1 is 1.15 bits per heavy atom. The van der Waals surface area contributed by atoms with E-state index in [-0.39, 0.29) is 16.8 Å². The molecule has 7 heteroatoms. The Kier molecular flexibility index (Phi) is 3.39. The van der Waals surface area contributed by atoms with E-state index in [2.05, 4.69) is 15.3 Å². The van der Waals surface area contributed by atoms with Crippen LogP contribution in [0.2, 0.25) is 5.15 Å². The Morgan fingerprint density at radius 2 is 1.95 bits per heavy atom. The molecule has 1 amide bonds. The van der Waals surface area contributed by atoms with E-state index in [4.69, 9.17) is 21.1 Å². The van der Waals surface area contributed by atoms with Crippen molar-refractivity contribution in [1.82, 2.24) is 9.97 Å². The second kappa shape index (κ2) is 5.34. The van der Waals surface area contributed by atoms with Gasteiger partial charge in [0.1, 0.15) is 24.1 Å². The van der Waals surface area contributed by atoms with E-state index in [9.17, 15) is 4.79 Å². The van der Waals surface area contributed by atoms with Crippen molar-refractivity contribution < 1.29 is 14.3 Å². The van der Waals surface area contributed by atoms with Crippen LogP contribution in [0.3, 0.4) is 0 Å². The van der Waals surface area contributed by atoms with Gasteiger partial charge in [-0.05, 0) is 12.1 Å².